The molecular weight excluding hydrogens is 366 g/mol. The van der Waals surface area contributed by atoms with E-state index < -0.39 is 5.91 Å². The number of likely N-dealkylation sites (tertiary alicyclic amines) is 1. The number of carbonyl (C=O) groups excluding carboxylic acids is 2. The largest absolute Gasteiger partial charge is 0.492 e. The number of amides is 2. The van der Waals surface area contributed by atoms with Crippen LogP contribution < -0.4 is 10.5 Å². The Kier molecular flexibility index (Phi) is 5.81. The zero-order valence-corrected chi connectivity index (χ0v) is 16.5. The van der Waals surface area contributed by atoms with Gasteiger partial charge in [-0.25, -0.2) is 0 Å². The summed E-state index contributed by atoms with van der Waals surface area (Å²) in [5.41, 5.74) is 8.15. The molecule has 2 aromatic carbocycles. The average molecular weight is 393 g/mol. The molecule has 1 atom stereocenters. The van der Waals surface area contributed by atoms with Crippen LogP contribution in [0.1, 0.15) is 27.9 Å². The Labute approximate surface area is 171 Å². The van der Waals surface area contributed by atoms with Crippen LogP contribution in [0.2, 0.25) is 0 Å². The first-order chi connectivity index (χ1) is 14.1. The molecule has 0 unspecified atom stereocenters. The van der Waals surface area contributed by atoms with Crippen LogP contribution >= 0.6 is 0 Å². The van der Waals surface area contributed by atoms with E-state index in [4.69, 9.17) is 10.5 Å². The molecule has 29 heavy (non-hydrogen) atoms. The molecule has 2 amide bonds. The zero-order chi connectivity index (χ0) is 20.2. The molecule has 2 N–H and O–H groups in total. The fourth-order valence-corrected chi connectivity index (χ4v) is 4.22. The van der Waals surface area contributed by atoms with Gasteiger partial charge in [0.15, 0.2) is 0 Å². The molecule has 0 bridgehead atoms. The van der Waals surface area contributed by atoms with E-state index in [-0.39, 0.29) is 5.91 Å². The van der Waals surface area contributed by atoms with Crippen LogP contribution in [0.25, 0.3) is 0 Å². The number of ether oxygens (including phenoxy) is 1. The van der Waals surface area contributed by atoms with Crippen molar-refractivity contribution in [3.63, 3.8) is 0 Å². The Balaban J connectivity index is 1.32. The minimum Gasteiger partial charge on any atom is -0.492 e. The number of primary amides is 1. The molecule has 0 spiro atoms. The normalized spacial score (nSPS) is 19.3. The van der Waals surface area contributed by atoms with E-state index >= 15 is 0 Å². The van der Waals surface area contributed by atoms with Gasteiger partial charge in [0, 0.05) is 37.3 Å². The van der Waals surface area contributed by atoms with Gasteiger partial charge in [0.25, 0.3) is 0 Å². The number of benzene rings is 2. The van der Waals surface area contributed by atoms with Gasteiger partial charge in [0.05, 0.1) is 6.54 Å². The summed E-state index contributed by atoms with van der Waals surface area (Å²) in [5, 5.41) is 0. The molecule has 2 aliphatic heterocycles. The van der Waals surface area contributed by atoms with Crippen LogP contribution in [0.15, 0.2) is 48.5 Å². The van der Waals surface area contributed by atoms with Crippen LogP contribution in [0.4, 0.5) is 0 Å². The predicted molar refractivity (Wildman–Crippen MR) is 111 cm³/mol. The Morgan fingerprint density at radius 2 is 1.97 bits per heavy atom. The highest BCUT2D eigenvalue weighted by Crippen LogP contribution is 2.24. The third-order valence-corrected chi connectivity index (χ3v) is 5.76. The minimum absolute atomic E-state index is 0.178. The van der Waals surface area contributed by atoms with Crippen molar-refractivity contribution in [1.82, 2.24) is 9.80 Å². The topological polar surface area (TPSA) is 75.9 Å². The maximum absolute atomic E-state index is 12.9. The maximum atomic E-state index is 12.9. The summed E-state index contributed by atoms with van der Waals surface area (Å²) < 4.78 is 5.80. The Morgan fingerprint density at radius 3 is 2.83 bits per heavy atom. The summed E-state index contributed by atoms with van der Waals surface area (Å²) in [6, 6.07) is 15.5. The molecule has 4 rings (SSSR count). The third kappa shape index (κ3) is 4.77. The van der Waals surface area contributed by atoms with Crippen molar-refractivity contribution < 1.29 is 14.3 Å². The first-order valence-electron chi connectivity index (χ1n) is 10.2. The second-order valence-corrected chi connectivity index (χ2v) is 7.93. The highest BCUT2D eigenvalue weighted by atomic mass is 16.5. The summed E-state index contributed by atoms with van der Waals surface area (Å²) in [5.74, 6) is 1.10. The number of nitrogens with zero attached hydrogens (tertiary/aromatic N) is 2. The quantitative estimate of drug-likeness (QED) is 0.844. The van der Waals surface area contributed by atoms with E-state index in [0.29, 0.717) is 24.6 Å². The molecule has 0 aliphatic carbocycles. The molecular formula is C23H27N3O3. The lowest BCUT2D eigenvalue weighted by atomic mass is 9.97. The van der Waals surface area contributed by atoms with Gasteiger partial charge in [-0.1, -0.05) is 30.3 Å². The number of rotatable bonds is 5. The van der Waals surface area contributed by atoms with Gasteiger partial charge in [-0.15, -0.1) is 0 Å². The van der Waals surface area contributed by atoms with Crippen molar-refractivity contribution in [1.29, 1.82) is 0 Å². The first-order valence-corrected chi connectivity index (χ1v) is 10.2. The van der Waals surface area contributed by atoms with E-state index in [9.17, 15) is 9.59 Å². The van der Waals surface area contributed by atoms with E-state index in [1.165, 1.54) is 0 Å². The highest BCUT2D eigenvalue weighted by molar-refractivity contribution is 5.92. The maximum Gasteiger partial charge on any atom is 0.248 e. The highest BCUT2D eigenvalue weighted by Gasteiger charge is 2.28. The fourth-order valence-electron chi connectivity index (χ4n) is 4.22. The van der Waals surface area contributed by atoms with Crippen LogP contribution in [0.5, 0.6) is 5.75 Å². The molecule has 2 aromatic rings. The molecule has 0 aromatic heterocycles. The lowest BCUT2D eigenvalue weighted by Crippen LogP contribution is -2.40. The second kappa shape index (κ2) is 8.66. The van der Waals surface area contributed by atoms with Crippen molar-refractivity contribution in [2.24, 2.45) is 11.7 Å². The second-order valence-electron chi connectivity index (χ2n) is 7.93. The van der Waals surface area contributed by atoms with E-state index in [2.05, 4.69) is 11.0 Å². The van der Waals surface area contributed by atoms with Gasteiger partial charge in [-0.2, -0.15) is 0 Å². The fraction of sp³-hybridized carbons (Fsp3) is 0.391. The number of hydrogen-bond donors (Lipinski definition) is 1. The molecule has 2 aliphatic rings. The van der Waals surface area contributed by atoms with Gasteiger partial charge in [0.1, 0.15) is 12.4 Å². The predicted octanol–water partition coefficient (Wildman–Crippen LogP) is 2.07. The Hall–Kier alpha value is -2.86. The summed E-state index contributed by atoms with van der Waals surface area (Å²) in [6.07, 6.45) is 1.84. The van der Waals surface area contributed by atoms with Crippen molar-refractivity contribution in [2.75, 3.05) is 32.8 Å². The lowest BCUT2D eigenvalue weighted by molar-refractivity contribution is -0.131. The van der Waals surface area contributed by atoms with Crippen molar-refractivity contribution in [2.45, 2.75) is 19.4 Å². The molecule has 152 valence electrons. The smallest absolute Gasteiger partial charge is 0.248 e. The number of para-hydroxylation sites is 1. The molecule has 1 fully saturated rings. The third-order valence-electron chi connectivity index (χ3n) is 5.76. The zero-order valence-electron chi connectivity index (χ0n) is 16.5. The summed E-state index contributed by atoms with van der Waals surface area (Å²) in [6.45, 7) is 4.06. The van der Waals surface area contributed by atoms with Crippen LogP contribution in [-0.2, 0) is 17.8 Å². The Morgan fingerprint density at radius 1 is 1.10 bits per heavy atom. The monoisotopic (exact) mass is 393 g/mol. The summed E-state index contributed by atoms with van der Waals surface area (Å²) in [4.78, 5) is 28.4. The first kappa shape index (κ1) is 19.5. The molecule has 6 nitrogen and oxygen atoms in total. The van der Waals surface area contributed by atoms with Gasteiger partial charge in [-0.05, 0) is 42.5 Å². The molecule has 0 radical (unpaired) electrons. The van der Waals surface area contributed by atoms with Crippen LogP contribution in [-0.4, -0.2) is 54.4 Å². The lowest BCUT2D eigenvalue weighted by Gasteiger charge is -2.23. The van der Waals surface area contributed by atoms with Gasteiger partial charge >= 0.3 is 0 Å². The van der Waals surface area contributed by atoms with E-state index in [1.54, 1.807) is 6.07 Å². The van der Waals surface area contributed by atoms with Crippen LogP contribution in [0, 0.1) is 5.92 Å². The van der Waals surface area contributed by atoms with Gasteiger partial charge < -0.3 is 15.4 Å². The minimum atomic E-state index is -0.405. The van der Waals surface area contributed by atoms with Crippen molar-refractivity contribution >= 4 is 11.8 Å². The molecule has 0 saturated carbocycles. The Bertz CT molecular complexity index is 898. The number of carbonyl (C=O) groups is 2. The average Bonchev–Trinajstić information content (AvgIpc) is 3.08. The molecule has 6 heteroatoms. The molecule has 2 heterocycles. The summed E-state index contributed by atoms with van der Waals surface area (Å²) in [7, 11) is 0. The number of hydrogen-bond acceptors (Lipinski definition) is 4. The number of fused-ring (bicyclic) bond motifs is 1. The van der Waals surface area contributed by atoms with Crippen molar-refractivity contribution in [3.05, 3.63) is 65.2 Å². The van der Waals surface area contributed by atoms with Crippen molar-refractivity contribution in [3.8, 4) is 5.75 Å². The SMILES string of the molecule is NC(=O)c1cccc(C[C@@H]2CCN(C(=O)CN3CCOc4ccccc4C3)C2)c1. The van der Waals surface area contributed by atoms with E-state index in [0.717, 1.165) is 55.9 Å². The van der Waals surface area contributed by atoms with Gasteiger partial charge in [-0.3, -0.25) is 14.5 Å². The van der Waals surface area contributed by atoms with Gasteiger partial charge in [0.2, 0.25) is 11.8 Å². The summed E-state index contributed by atoms with van der Waals surface area (Å²) >= 11 is 0. The van der Waals surface area contributed by atoms with Crippen LogP contribution in [0.3, 0.4) is 0 Å². The van der Waals surface area contributed by atoms with E-state index in [1.807, 2.05) is 41.3 Å². The standard InChI is InChI=1S/C23H27N3O3/c24-23(28)19-6-3-4-17(13-19)12-18-8-9-26(14-18)22(27)16-25-10-11-29-21-7-2-1-5-20(21)15-25/h1-7,13,18H,8-12,14-16H2,(H2,24,28)/t18-/m0/s1. The number of nitrogens with two attached hydrogens (primary N) is 1. The molecule has 1 saturated heterocycles.